The first kappa shape index (κ1) is 14.1. The van der Waals surface area contributed by atoms with Crippen molar-refractivity contribution in [3.63, 3.8) is 0 Å². The first-order chi connectivity index (χ1) is 9.16. The second-order valence-electron chi connectivity index (χ2n) is 5.50. The van der Waals surface area contributed by atoms with E-state index in [9.17, 15) is 4.79 Å². The van der Waals surface area contributed by atoms with Crippen LogP contribution in [0.3, 0.4) is 0 Å². The Morgan fingerprint density at radius 1 is 1.37 bits per heavy atom. The van der Waals surface area contributed by atoms with E-state index in [1.54, 1.807) is 0 Å². The normalized spacial score (nSPS) is 17.5. The minimum absolute atomic E-state index is 0.115. The molecule has 0 bridgehead atoms. The lowest BCUT2D eigenvalue weighted by Gasteiger charge is -2.33. The third-order valence-electron chi connectivity index (χ3n) is 4.70. The van der Waals surface area contributed by atoms with E-state index < -0.39 is 0 Å². The van der Waals surface area contributed by atoms with Crippen LogP contribution in [0.4, 0.5) is 0 Å². The van der Waals surface area contributed by atoms with Crippen molar-refractivity contribution < 1.29 is 4.79 Å². The Hall–Kier alpha value is -1.35. The number of nitrogens with two attached hydrogens (primary N) is 1. The third-order valence-corrected chi connectivity index (χ3v) is 4.70. The predicted molar refractivity (Wildman–Crippen MR) is 78.0 cm³/mol. The lowest BCUT2D eigenvalue weighted by Crippen LogP contribution is -2.47. The SMILES string of the molecule is CCC(CC)(CN)C(=O)NCC1Cc2ccccc21. The zero-order valence-electron chi connectivity index (χ0n) is 11.9. The van der Waals surface area contributed by atoms with Gasteiger partial charge in [-0.25, -0.2) is 0 Å². The molecular weight excluding hydrogens is 236 g/mol. The minimum atomic E-state index is -0.386. The monoisotopic (exact) mass is 260 g/mol. The van der Waals surface area contributed by atoms with Crippen molar-refractivity contribution in [2.75, 3.05) is 13.1 Å². The van der Waals surface area contributed by atoms with E-state index in [1.807, 2.05) is 13.8 Å². The zero-order chi connectivity index (χ0) is 13.9. The van der Waals surface area contributed by atoms with Gasteiger partial charge in [-0.3, -0.25) is 4.79 Å². The molecular formula is C16H24N2O. The number of benzene rings is 1. The van der Waals surface area contributed by atoms with Crippen molar-refractivity contribution in [3.8, 4) is 0 Å². The van der Waals surface area contributed by atoms with E-state index in [2.05, 4.69) is 29.6 Å². The minimum Gasteiger partial charge on any atom is -0.355 e. The second-order valence-corrected chi connectivity index (χ2v) is 5.50. The van der Waals surface area contributed by atoms with Gasteiger partial charge in [0.2, 0.25) is 5.91 Å². The van der Waals surface area contributed by atoms with E-state index >= 15 is 0 Å². The number of hydrogen-bond acceptors (Lipinski definition) is 2. The van der Waals surface area contributed by atoms with Crippen molar-refractivity contribution in [1.29, 1.82) is 0 Å². The maximum absolute atomic E-state index is 12.3. The molecule has 0 radical (unpaired) electrons. The van der Waals surface area contributed by atoms with Gasteiger partial charge in [-0.15, -0.1) is 0 Å². The predicted octanol–water partition coefficient (Wildman–Crippen LogP) is 2.21. The van der Waals surface area contributed by atoms with Crippen LogP contribution in [0.5, 0.6) is 0 Å². The van der Waals surface area contributed by atoms with Crippen molar-refractivity contribution in [2.24, 2.45) is 11.1 Å². The largest absolute Gasteiger partial charge is 0.355 e. The van der Waals surface area contributed by atoms with Gasteiger partial charge in [0.15, 0.2) is 0 Å². The van der Waals surface area contributed by atoms with Crippen LogP contribution < -0.4 is 11.1 Å². The lowest BCUT2D eigenvalue weighted by molar-refractivity contribution is -0.131. The Bertz CT molecular complexity index is 444. The molecule has 1 amide bonds. The number of amides is 1. The smallest absolute Gasteiger partial charge is 0.227 e. The highest BCUT2D eigenvalue weighted by atomic mass is 16.2. The Morgan fingerprint density at radius 2 is 2.05 bits per heavy atom. The molecule has 1 aliphatic rings. The standard InChI is InChI=1S/C16H24N2O/c1-3-16(4-2,11-17)15(19)18-10-13-9-12-7-5-6-8-14(12)13/h5-8,13H,3-4,9-11,17H2,1-2H3,(H,18,19). The lowest BCUT2D eigenvalue weighted by atomic mass is 9.77. The van der Waals surface area contributed by atoms with Gasteiger partial charge in [0, 0.05) is 19.0 Å². The number of rotatable bonds is 6. The Labute approximate surface area is 115 Å². The maximum atomic E-state index is 12.3. The summed E-state index contributed by atoms with van der Waals surface area (Å²) in [4.78, 5) is 12.3. The Kier molecular flexibility index (Phi) is 4.25. The summed E-state index contributed by atoms with van der Waals surface area (Å²) >= 11 is 0. The van der Waals surface area contributed by atoms with Gasteiger partial charge < -0.3 is 11.1 Å². The summed E-state index contributed by atoms with van der Waals surface area (Å²) < 4.78 is 0. The molecule has 0 heterocycles. The van der Waals surface area contributed by atoms with Crippen LogP contribution in [-0.2, 0) is 11.2 Å². The molecule has 0 aromatic heterocycles. The van der Waals surface area contributed by atoms with Gasteiger partial charge >= 0.3 is 0 Å². The van der Waals surface area contributed by atoms with Crippen LogP contribution in [0.15, 0.2) is 24.3 Å². The molecule has 0 saturated heterocycles. The molecule has 104 valence electrons. The fourth-order valence-corrected chi connectivity index (χ4v) is 2.90. The van der Waals surface area contributed by atoms with Gasteiger partial charge in [-0.1, -0.05) is 38.1 Å². The van der Waals surface area contributed by atoms with Gasteiger partial charge in [-0.2, -0.15) is 0 Å². The van der Waals surface area contributed by atoms with Crippen LogP contribution in [0.1, 0.15) is 43.7 Å². The molecule has 0 saturated carbocycles. The van der Waals surface area contributed by atoms with E-state index in [4.69, 9.17) is 5.73 Å². The van der Waals surface area contributed by atoms with E-state index in [1.165, 1.54) is 11.1 Å². The summed E-state index contributed by atoms with van der Waals surface area (Å²) in [6.07, 6.45) is 2.67. The summed E-state index contributed by atoms with van der Waals surface area (Å²) in [6, 6.07) is 8.46. The fraction of sp³-hybridized carbons (Fsp3) is 0.562. The molecule has 0 fully saturated rings. The van der Waals surface area contributed by atoms with E-state index in [0.717, 1.165) is 25.8 Å². The highest BCUT2D eigenvalue weighted by Gasteiger charge is 2.34. The molecule has 1 aromatic carbocycles. The summed E-state index contributed by atoms with van der Waals surface area (Å²) in [5, 5.41) is 3.10. The number of carbonyl (C=O) groups is 1. The summed E-state index contributed by atoms with van der Waals surface area (Å²) in [6.45, 7) is 5.23. The molecule has 3 heteroatoms. The van der Waals surface area contributed by atoms with E-state index in [-0.39, 0.29) is 11.3 Å². The number of hydrogen-bond donors (Lipinski definition) is 2. The van der Waals surface area contributed by atoms with Crippen molar-refractivity contribution >= 4 is 5.91 Å². The van der Waals surface area contributed by atoms with Crippen LogP contribution >= 0.6 is 0 Å². The van der Waals surface area contributed by atoms with Crippen molar-refractivity contribution in [2.45, 2.75) is 39.0 Å². The fourth-order valence-electron chi connectivity index (χ4n) is 2.90. The molecule has 2 rings (SSSR count). The third kappa shape index (κ3) is 2.52. The summed E-state index contributed by atoms with van der Waals surface area (Å²) in [5.41, 5.74) is 8.21. The van der Waals surface area contributed by atoms with Crippen LogP contribution in [0.2, 0.25) is 0 Å². The average molecular weight is 260 g/mol. The maximum Gasteiger partial charge on any atom is 0.227 e. The van der Waals surface area contributed by atoms with Gasteiger partial charge in [0.1, 0.15) is 0 Å². The van der Waals surface area contributed by atoms with Crippen LogP contribution in [-0.4, -0.2) is 19.0 Å². The molecule has 1 aromatic rings. The molecule has 3 nitrogen and oxygen atoms in total. The number of carbonyl (C=O) groups excluding carboxylic acids is 1. The highest BCUT2D eigenvalue weighted by Crippen LogP contribution is 2.34. The molecule has 1 atom stereocenters. The van der Waals surface area contributed by atoms with Crippen molar-refractivity contribution in [1.82, 2.24) is 5.32 Å². The summed E-state index contributed by atoms with van der Waals surface area (Å²) in [5.74, 6) is 0.591. The number of fused-ring (bicyclic) bond motifs is 1. The molecule has 0 aliphatic heterocycles. The second kappa shape index (κ2) is 5.74. The first-order valence-corrected chi connectivity index (χ1v) is 7.23. The average Bonchev–Trinajstić information content (AvgIpc) is 2.42. The number of nitrogens with one attached hydrogen (secondary N) is 1. The molecule has 3 N–H and O–H groups in total. The zero-order valence-corrected chi connectivity index (χ0v) is 11.9. The van der Waals surface area contributed by atoms with Gasteiger partial charge in [0.25, 0.3) is 0 Å². The first-order valence-electron chi connectivity index (χ1n) is 7.23. The Morgan fingerprint density at radius 3 is 2.63 bits per heavy atom. The molecule has 1 aliphatic carbocycles. The highest BCUT2D eigenvalue weighted by molar-refractivity contribution is 5.82. The summed E-state index contributed by atoms with van der Waals surface area (Å²) in [7, 11) is 0. The molecule has 1 unspecified atom stereocenters. The molecule has 0 spiro atoms. The topological polar surface area (TPSA) is 55.1 Å². The quantitative estimate of drug-likeness (QED) is 0.824. The van der Waals surface area contributed by atoms with Gasteiger partial charge in [0.05, 0.1) is 5.41 Å². The van der Waals surface area contributed by atoms with Crippen LogP contribution in [0.25, 0.3) is 0 Å². The Balaban J connectivity index is 1.92. The van der Waals surface area contributed by atoms with E-state index in [0.29, 0.717) is 12.5 Å². The molecule has 19 heavy (non-hydrogen) atoms. The van der Waals surface area contributed by atoms with Gasteiger partial charge in [-0.05, 0) is 30.4 Å². The van der Waals surface area contributed by atoms with Crippen LogP contribution in [0, 0.1) is 5.41 Å². The van der Waals surface area contributed by atoms with Crippen molar-refractivity contribution in [3.05, 3.63) is 35.4 Å².